The lowest BCUT2D eigenvalue weighted by Crippen LogP contribution is -2.47. The maximum Gasteiger partial charge on any atom is 0.291 e. The molecule has 0 spiro atoms. The summed E-state index contributed by atoms with van der Waals surface area (Å²) < 4.78 is 0. The summed E-state index contributed by atoms with van der Waals surface area (Å²) in [5, 5.41) is 9.52. The van der Waals surface area contributed by atoms with Crippen molar-refractivity contribution in [2.75, 3.05) is 13.6 Å². The average Bonchev–Trinajstić information content (AvgIpc) is 2.70. The highest BCUT2D eigenvalue weighted by Crippen LogP contribution is 2.15. The van der Waals surface area contributed by atoms with E-state index < -0.39 is 0 Å². The van der Waals surface area contributed by atoms with Crippen molar-refractivity contribution in [2.45, 2.75) is 38.8 Å². The maximum absolute atomic E-state index is 11.8. The minimum absolute atomic E-state index is 0.184. The molecule has 2 heterocycles. The highest BCUT2D eigenvalue weighted by Gasteiger charge is 2.25. The van der Waals surface area contributed by atoms with Crippen molar-refractivity contribution >= 4 is 5.91 Å². The predicted octanol–water partition coefficient (Wildman–Crippen LogP) is 0.326. The van der Waals surface area contributed by atoms with Crippen LogP contribution in [0.3, 0.4) is 0 Å². The van der Waals surface area contributed by atoms with E-state index in [9.17, 15) is 4.79 Å². The van der Waals surface area contributed by atoms with Crippen LogP contribution < -0.4 is 5.32 Å². The van der Waals surface area contributed by atoms with Crippen molar-refractivity contribution in [1.29, 1.82) is 0 Å². The zero-order valence-corrected chi connectivity index (χ0v) is 10.5. The highest BCUT2D eigenvalue weighted by molar-refractivity contribution is 5.90. The third kappa shape index (κ3) is 2.82. The summed E-state index contributed by atoms with van der Waals surface area (Å²) in [7, 11) is 2.11. The highest BCUT2D eigenvalue weighted by atomic mass is 16.2. The third-order valence-electron chi connectivity index (χ3n) is 3.34. The summed E-state index contributed by atoms with van der Waals surface area (Å²) in [5.41, 5.74) is 0. The Morgan fingerprint density at radius 1 is 1.59 bits per heavy atom. The smallest absolute Gasteiger partial charge is 0.291 e. The molecular weight excluding hydrogens is 218 g/mol. The van der Waals surface area contributed by atoms with Crippen molar-refractivity contribution in [3.63, 3.8) is 0 Å². The number of piperidine rings is 1. The standard InChI is InChI=1S/C11H19N5O/c1-7-6-9(4-5-16(7)3)13-11(17)10-12-8(2)14-15-10/h7,9H,4-6H2,1-3H3,(H,13,17)(H,12,14,15). The van der Waals surface area contributed by atoms with Gasteiger partial charge < -0.3 is 10.2 Å². The van der Waals surface area contributed by atoms with Crippen LogP contribution in [0.1, 0.15) is 36.2 Å². The average molecular weight is 237 g/mol. The van der Waals surface area contributed by atoms with Gasteiger partial charge in [0.15, 0.2) is 0 Å². The van der Waals surface area contributed by atoms with Crippen LogP contribution in [0.2, 0.25) is 0 Å². The first-order valence-electron chi connectivity index (χ1n) is 5.96. The quantitative estimate of drug-likeness (QED) is 0.777. The van der Waals surface area contributed by atoms with Gasteiger partial charge in [-0.25, -0.2) is 4.98 Å². The molecule has 0 aromatic carbocycles. The number of carbonyl (C=O) groups is 1. The number of hydrogen-bond donors (Lipinski definition) is 2. The Balaban J connectivity index is 1.91. The summed E-state index contributed by atoms with van der Waals surface area (Å²) in [6.07, 6.45) is 1.96. The monoisotopic (exact) mass is 237 g/mol. The van der Waals surface area contributed by atoms with Gasteiger partial charge in [-0.1, -0.05) is 0 Å². The van der Waals surface area contributed by atoms with Gasteiger partial charge in [0.2, 0.25) is 5.82 Å². The number of nitrogens with zero attached hydrogens (tertiary/aromatic N) is 3. The van der Waals surface area contributed by atoms with Gasteiger partial charge in [0.05, 0.1) is 0 Å². The molecule has 1 fully saturated rings. The number of carbonyl (C=O) groups excluding carboxylic acids is 1. The molecular formula is C11H19N5O. The number of likely N-dealkylation sites (tertiary alicyclic amines) is 1. The maximum atomic E-state index is 11.8. The molecule has 2 N–H and O–H groups in total. The summed E-state index contributed by atoms with van der Waals surface area (Å²) in [6, 6.07) is 0.732. The van der Waals surface area contributed by atoms with Gasteiger partial charge in [-0.3, -0.25) is 9.89 Å². The van der Waals surface area contributed by atoms with E-state index in [0.717, 1.165) is 19.4 Å². The minimum atomic E-state index is -0.184. The molecule has 0 radical (unpaired) electrons. The van der Waals surface area contributed by atoms with E-state index in [2.05, 4.69) is 39.4 Å². The van der Waals surface area contributed by atoms with E-state index in [0.29, 0.717) is 11.9 Å². The number of nitrogens with one attached hydrogen (secondary N) is 2. The molecule has 0 saturated carbocycles. The van der Waals surface area contributed by atoms with Crippen molar-refractivity contribution < 1.29 is 4.79 Å². The number of aryl methyl sites for hydroxylation is 1. The van der Waals surface area contributed by atoms with Crippen LogP contribution in [0.25, 0.3) is 0 Å². The molecule has 1 aliphatic heterocycles. The lowest BCUT2D eigenvalue weighted by atomic mass is 9.99. The van der Waals surface area contributed by atoms with Gasteiger partial charge in [0, 0.05) is 18.6 Å². The molecule has 1 saturated heterocycles. The fraction of sp³-hybridized carbons (Fsp3) is 0.727. The Kier molecular flexibility index (Phi) is 3.42. The molecule has 6 nitrogen and oxygen atoms in total. The summed E-state index contributed by atoms with van der Waals surface area (Å²) >= 11 is 0. The van der Waals surface area contributed by atoms with Crippen molar-refractivity contribution in [3.05, 3.63) is 11.6 Å². The lowest BCUT2D eigenvalue weighted by molar-refractivity contribution is 0.0886. The van der Waals surface area contributed by atoms with Gasteiger partial charge in [-0.15, -0.1) is 5.10 Å². The van der Waals surface area contributed by atoms with Crippen LogP contribution in [0.4, 0.5) is 0 Å². The predicted molar refractivity (Wildman–Crippen MR) is 63.7 cm³/mol. The van der Waals surface area contributed by atoms with Gasteiger partial charge in [0.25, 0.3) is 5.91 Å². The number of rotatable bonds is 2. The van der Waals surface area contributed by atoms with Crippen LogP contribution in [-0.2, 0) is 0 Å². The normalized spacial score (nSPS) is 25.8. The van der Waals surface area contributed by atoms with Crippen molar-refractivity contribution in [2.24, 2.45) is 0 Å². The third-order valence-corrected chi connectivity index (χ3v) is 3.34. The first-order valence-corrected chi connectivity index (χ1v) is 5.96. The van der Waals surface area contributed by atoms with Gasteiger partial charge >= 0.3 is 0 Å². The molecule has 94 valence electrons. The summed E-state index contributed by atoms with van der Waals surface area (Å²) in [5.74, 6) is 0.706. The summed E-state index contributed by atoms with van der Waals surface area (Å²) in [4.78, 5) is 18.2. The molecule has 17 heavy (non-hydrogen) atoms. The van der Waals surface area contributed by atoms with E-state index in [1.54, 1.807) is 6.92 Å². The van der Waals surface area contributed by atoms with Crippen molar-refractivity contribution in [3.8, 4) is 0 Å². The molecule has 0 bridgehead atoms. The second kappa shape index (κ2) is 4.83. The van der Waals surface area contributed by atoms with E-state index in [4.69, 9.17) is 0 Å². The molecule has 2 atom stereocenters. The number of hydrogen-bond acceptors (Lipinski definition) is 4. The molecule has 2 rings (SSSR count). The van der Waals surface area contributed by atoms with Gasteiger partial charge in [0.1, 0.15) is 5.82 Å². The minimum Gasteiger partial charge on any atom is -0.346 e. The zero-order chi connectivity index (χ0) is 12.4. The van der Waals surface area contributed by atoms with Crippen LogP contribution in [0.15, 0.2) is 0 Å². The number of aromatic nitrogens is 3. The van der Waals surface area contributed by atoms with Crippen LogP contribution in [0.5, 0.6) is 0 Å². The molecule has 1 aliphatic rings. The van der Waals surface area contributed by atoms with Crippen LogP contribution >= 0.6 is 0 Å². The van der Waals surface area contributed by atoms with E-state index in [-0.39, 0.29) is 17.8 Å². The van der Waals surface area contributed by atoms with Gasteiger partial charge in [-0.05, 0) is 33.7 Å². The van der Waals surface area contributed by atoms with E-state index >= 15 is 0 Å². The Morgan fingerprint density at radius 3 is 2.94 bits per heavy atom. The van der Waals surface area contributed by atoms with Crippen LogP contribution in [0, 0.1) is 6.92 Å². The molecule has 0 aliphatic carbocycles. The fourth-order valence-electron chi connectivity index (χ4n) is 2.11. The number of H-pyrrole nitrogens is 1. The summed E-state index contributed by atoms with van der Waals surface area (Å²) in [6.45, 7) is 4.97. The van der Waals surface area contributed by atoms with E-state index in [1.165, 1.54) is 0 Å². The second-order valence-electron chi connectivity index (χ2n) is 4.77. The molecule has 1 aromatic rings. The van der Waals surface area contributed by atoms with E-state index in [1.807, 2.05) is 0 Å². The SMILES string of the molecule is Cc1nc(C(=O)NC2CCN(C)C(C)C2)n[nH]1. The topological polar surface area (TPSA) is 73.9 Å². The first-order chi connectivity index (χ1) is 8.06. The zero-order valence-electron chi connectivity index (χ0n) is 10.5. The Bertz CT molecular complexity index is 402. The Morgan fingerprint density at radius 2 is 2.35 bits per heavy atom. The second-order valence-corrected chi connectivity index (χ2v) is 4.77. The molecule has 1 aromatic heterocycles. The Labute approximate surface area is 101 Å². The largest absolute Gasteiger partial charge is 0.346 e. The molecule has 1 amide bonds. The fourth-order valence-corrected chi connectivity index (χ4v) is 2.11. The molecule has 2 unspecified atom stereocenters. The van der Waals surface area contributed by atoms with Crippen molar-refractivity contribution in [1.82, 2.24) is 25.4 Å². The number of amides is 1. The molecule has 6 heteroatoms. The Hall–Kier alpha value is -1.43. The lowest BCUT2D eigenvalue weighted by Gasteiger charge is -2.35. The first kappa shape index (κ1) is 12.0. The van der Waals surface area contributed by atoms with Crippen LogP contribution in [-0.4, -0.2) is 51.7 Å². The number of aromatic amines is 1. The van der Waals surface area contributed by atoms with Gasteiger partial charge in [-0.2, -0.15) is 0 Å².